The van der Waals surface area contributed by atoms with Crippen LogP contribution in [0.15, 0.2) is 79.1 Å². The van der Waals surface area contributed by atoms with Gasteiger partial charge < -0.3 is 14.8 Å². The Balaban J connectivity index is 1.39. The molecule has 1 aliphatic rings. The summed E-state index contributed by atoms with van der Waals surface area (Å²) in [5.41, 5.74) is 2.89. The fraction of sp³-hybridized carbons (Fsp3) is 0.125. The second kappa shape index (κ2) is 7.83. The molecule has 1 aliphatic heterocycles. The predicted molar refractivity (Wildman–Crippen MR) is 114 cm³/mol. The smallest absolute Gasteiger partial charge is 0.252 e. The Bertz CT molecular complexity index is 1210. The van der Waals surface area contributed by atoms with Crippen LogP contribution in [0.3, 0.4) is 0 Å². The van der Waals surface area contributed by atoms with Crippen molar-refractivity contribution in [2.24, 2.45) is 0 Å². The average molecular weight is 397 g/mol. The molecule has 1 amide bonds. The highest BCUT2D eigenvalue weighted by atomic mass is 16.6. The van der Waals surface area contributed by atoms with Gasteiger partial charge in [0.25, 0.3) is 5.91 Å². The first-order chi connectivity index (χ1) is 14.8. The summed E-state index contributed by atoms with van der Waals surface area (Å²) in [6.07, 6.45) is 3.20. The van der Waals surface area contributed by atoms with Gasteiger partial charge in [-0.1, -0.05) is 30.3 Å². The zero-order chi connectivity index (χ0) is 20.3. The van der Waals surface area contributed by atoms with Crippen molar-refractivity contribution in [3.63, 3.8) is 0 Å². The Kier molecular flexibility index (Phi) is 4.73. The number of nitrogens with zero attached hydrogens (tertiary/aromatic N) is 2. The molecule has 1 atom stereocenters. The van der Waals surface area contributed by atoms with Crippen molar-refractivity contribution in [2.75, 3.05) is 13.2 Å². The molecule has 4 aromatic rings. The third-order valence-corrected chi connectivity index (χ3v) is 4.98. The van der Waals surface area contributed by atoms with Crippen LogP contribution in [0.25, 0.3) is 22.2 Å². The first-order valence-corrected chi connectivity index (χ1v) is 9.75. The van der Waals surface area contributed by atoms with Gasteiger partial charge in [-0.15, -0.1) is 0 Å². The maximum absolute atomic E-state index is 13.1. The van der Waals surface area contributed by atoms with Crippen LogP contribution in [-0.4, -0.2) is 35.1 Å². The Morgan fingerprint density at radius 1 is 1.03 bits per heavy atom. The summed E-state index contributed by atoms with van der Waals surface area (Å²) >= 11 is 0. The normalized spacial score (nSPS) is 15.0. The Labute approximate surface area is 173 Å². The number of pyridine rings is 2. The topological polar surface area (TPSA) is 73.3 Å². The molecule has 0 bridgehead atoms. The van der Waals surface area contributed by atoms with E-state index < -0.39 is 0 Å². The van der Waals surface area contributed by atoms with Crippen LogP contribution in [0.4, 0.5) is 0 Å². The number of hydrogen-bond donors (Lipinski definition) is 1. The number of carbonyl (C=O) groups excluding carboxylic acids is 1. The molecule has 6 nitrogen and oxygen atoms in total. The molecule has 6 heteroatoms. The van der Waals surface area contributed by atoms with Gasteiger partial charge in [-0.2, -0.15) is 0 Å². The average Bonchev–Trinajstić information content (AvgIpc) is 2.82. The van der Waals surface area contributed by atoms with Gasteiger partial charge in [-0.25, -0.2) is 4.98 Å². The van der Waals surface area contributed by atoms with Gasteiger partial charge in [-0.3, -0.25) is 9.78 Å². The highest BCUT2D eigenvalue weighted by Crippen LogP contribution is 2.30. The second-order valence-electron chi connectivity index (χ2n) is 7.02. The summed E-state index contributed by atoms with van der Waals surface area (Å²) in [6, 6.07) is 20.7. The van der Waals surface area contributed by atoms with Gasteiger partial charge in [0.15, 0.2) is 11.5 Å². The molecule has 30 heavy (non-hydrogen) atoms. The number of rotatable bonds is 4. The van der Waals surface area contributed by atoms with E-state index in [9.17, 15) is 4.79 Å². The quantitative estimate of drug-likeness (QED) is 0.566. The second-order valence-corrected chi connectivity index (χ2v) is 7.02. The first-order valence-electron chi connectivity index (χ1n) is 9.75. The van der Waals surface area contributed by atoms with Gasteiger partial charge in [0.1, 0.15) is 12.7 Å². The fourth-order valence-electron chi connectivity index (χ4n) is 3.49. The van der Waals surface area contributed by atoms with Crippen molar-refractivity contribution in [2.45, 2.75) is 6.10 Å². The first kappa shape index (κ1) is 18.1. The fourth-order valence-corrected chi connectivity index (χ4v) is 3.49. The number of ether oxygens (including phenoxy) is 2. The summed E-state index contributed by atoms with van der Waals surface area (Å²) < 4.78 is 11.7. The highest BCUT2D eigenvalue weighted by Gasteiger charge is 2.22. The lowest BCUT2D eigenvalue weighted by Crippen LogP contribution is -2.40. The minimum atomic E-state index is -0.255. The standard InChI is InChI=1S/C24H19N3O3/c28-24(26-14-17-15-29-22-9-3-4-10-23(22)30-17)19-12-21(16-6-5-11-25-13-16)27-20-8-2-1-7-18(19)20/h1-13,17H,14-15H2,(H,26,28)/t17-/m0/s1. The SMILES string of the molecule is O=C(NC[C@H]1COc2ccccc2O1)c1cc(-c2cccnc2)nc2ccccc12. The van der Waals surface area contributed by atoms with Gasteiger partial charge in [0, 0.05) is 23.3 Å². The molecule has 0 fully saturated rings. The molecule has 0 saturated heterocycles. The van der Waals surface area contributed by atoms with E-state index in [2.05, 4.69) is 10.3 Å². The Morgan fingerprint density at radius 3 is 2.73 bits per heavy atom. The lowest BCUT2D eigenvalue weighted by Gasteiger charge is -2.26. The van der Waals surface area contributed by atoms with E-state index in [0.717, 1.165) is 22.2 Å². The van der Waals surface area contributed by atoms with Crippen molar-refractivity contribution in [1.29, 1.82) is 0 Å². The van der Waals surface area contributed by atoms with Crippen LogP contribution in [-0.2, 0) is 0 Å². The largest absolute Gasteiger partial charge is 0.486 e. The predicted octanol–water partition coefficient (Wildman–Crippen LogP) is 3.87. The molecule has 0 spiro atoms. The maximum Gasteiger partial charge on any atom is 0.252 e. The minimum absolute atomic E-state index is 0.179. The maximum atomic E-state index is 13.1. The molecule has 3 heterocycles. The van der Waals surface area contributed by atoms with Crippen molar-refractivity contribution < 1.29 is 14.3 Å². The van der Waals surface area contributed by atoms with Gasteiger partial charge in [0.2, 0.25) is 0 Å². The molecule has 2 aromatic heterocycles. The molecule has 2 aromatic carbocycles. The molecule has 5 rings (SSSR count). The minimum Gasteiger partial charge on any atom is -0.486 e. The number of nitrogens with one attached hydrogen (secondary N) is 1. The molecular formula is C24H19N3O3. The van der Waals surface area contributed by atoms with Crippen molar-refractivity contribution in [1.82, 2.24) is 15.3 Å². The lowest BCUT2D eigenvalue weighted by atomic mass is 10.0. The molecule has 0 saturated carbocycles. The zero-order valence-electron chi connectivity index (χ0n) is 16.1. The summed E-state index contributed by atoms with van der Waals surface area (Å²) in [5.74, 6) is 1.23. The monoisotopic (exact) mass is 397 g/mol. The van der Waals surface area contributed by atoms with E-state index in [1.807, 2.05) is 66.7 Å². The third-order valence-electron chi connectivity index (χ3n) is 4.98. The van der Waals surface area contributed by atoms with E-state index in [-0.39, 0.29) is 12.0 Å². The van der Waals surface area contributed by atoms with Crippen LogP contribution < -0.4 is 14.8 Å². The van der Waals surface area contributed by atoms with Gasteiger partial charge in [0.05, 0.1) is 23.3 Å². The molecule has 0 unspecified atom stereocenters. The van der Waals surface area contributed by atoms with E-state index in [0.29, 0.717) is 30.2 Å². The number of benzene rings is 2. The highest BCUT2D eigenvalue weighted by molar-refractivity contribution is 6.07. The van der Waals surface area contributed by atoms with E-state index >= 15 is 0 Å². The molecule has 1 N–H and O–H groups in total. The van der Waals surface area contributed by atoms with Gasteiger partial charge in [-0.05, 0) is 36.4 Å². The Hall–Kier alpha value is -3.93. The summed E-state index contributed by atoms with van der Waals surface area (Å²) in [5, 5.41) is 3.78. The van der Waals surface area contributed by atoms with Crippen LogP contribution in [0.1, 0.15) is 10.4 Å². The van der Waals surface area contributed by atoms with E-state index in [4.69, 9.17) is 14.5 Å². The van der Waals surface area contributed by atoms with E-state index in [1.165, 1.54) is 0 Å². The van der Waals surface area contributed by atoms with E-state index in [1.54, 1.807) is 12.4 Å². The molecule has 0 radical (unpaired) electrons. The van der Waals surface area contributed by atoms with Crippen LogP contribution >= 0.6 is 0 Å². The van der Waals surface area contributed by atoms with Crippen LogP contribution in [0, 0.1) is 0 Å². The Morgan fingerprint density at radius 2 is 1.87 bits per heavy atom. The van der Waals surface area contributed by atoms with Crippen molar-refractivity contribution >= 4 is 16.8 Å². The van der Waals surface area contributed by atoms with Crippen LogP contribution in [0.5, 0.6) is 11.5 Å². The number of para-hydroxylation sites is 3. The van der Waals surface area contributed by atoms with Gasteiger partial charge >= 0.3 is 0 Å². The number of amides is 1. The van der Waals surface area contributed by atoms with Crippen molar-refractivity contribution in [3.05, 3.63) is 84.7 Å². The lowest BCUT2D eigenvalue weighted by molar-refractivity contribution is 0.0790. The number of hydrogen-bond acceptors (Lipinski definition) is 5. The van der Waals surface area contributed by atoms with Crippen LogP contribution in [0.2, 0.25) is 0 Å². The summed E-state index contributed by atoms with van der Waals surface area (Å²) in [7, 11) is 0. The number of fused-ring (bicyclic) bond motifs is 2. The molecular weight excluding hydrogens is 378 g/mol. The summed E-state index contributed by atoms with van der Waals surface area (Å²) in [4.78, 5) is 21.9. The number of aromatic nitrogens is 2. The molecule has 0 aliphatic carbocycles. The number of carbonyl (C=O) groups is 1. The molecule has 148 valence electrons. The third kappa shape index (κ3) is 3.55. The summed E-state index contributed by atoms with van der Waals surface area (Å²) in [6.45, 7) is 0.724. The van der Waals surface area contributed by atoms with Crippen molar-refractivity contribution in [3.8, 4) is 22.8 Å². The zero-order valence-corrected chi connectivity index (χ0v) is 16.1.